The second-order valence-corrected chi connectivity index (χ2v) is 9.23. The number of nitrogens with zero attached hydrogens (tertiary/aromatic N) is 2. The molecule has 35 heavy (non-hydrogen) atoms. The van der Waals surface area contributed by atoms with E-state index in [0.717, 1.165) is 22.5 Å². The van der Waals surface area contributed by atoms with Gasteiger partial charge < -0.3 is 5.73 Å². The van der Waals surface area contributed by atoms with Crippen LogP contribution in [0, 0.1) is 13.8 Å². The highest BCUT2D eigenvalue weighted by molar-refractivity contribution is 7.21. The van der Waals surface area contributed by atoms with E-state index in [1.54, 1.807) is 31.2 Å². The maximum Gasteiger partial charge on any atom is 0.439 e. The van der Waals surface area contributed by atoms with E-state index < -0.39 is 11.4 Å². The zero-order valence-corrected chi connectivity index (χ0v) is 20.0. The number of rotatable bonds is 5. The van der Waals surface area contributed by atoms with Crippen LogP contribution in [0.2, 0.25) is 0 Å². The molecule has 2 aromatic carbocycles. The number of pyridine rings is 1. The summed E-state index contributed by atoms with van der Waals surface area (Å²) >= 11 is 1.09. The van der Waals surface area contributed by atoms with Gasteiger partial charge in [-0.3, -0.25) is 14.1 Å². The summed E-state index contributed by atoms with van der Waals surface area (Å²) in [5.74, 6) is -0.748. The van der Waals surface area contributed by atoms with Crippen molar-refractivity contribution in [2.75, 3.05) is 5.73 Å². The number of hydrogen-bond donors (Lipinski definition) is 2. The number of aromatic nitrogens is 3. The first-order valence-corrected chi connectivity index (χ1v) is 11.6. The Bertz CT molecular complexity index is 1700. The van der Waals surface area contributed by atoms with E-state index in [0.29, 0.717) is 32.7 Å². The minimum atomic E-state index is -0.816. The van der Waals surface area contributed by atoms with Gasteiger partial charge in [0.2, 0.25) is 5.69 Å². The molecule has 5 rings (SSSR count). The first kappa shape index (κ1) is 22.4. The van der Waals surface area contributed by atoms with Crippen molar-refractivity contribution < 1.29 is 18.8 Å². The molecule has 0 aliphatic carbocycles. The second kappa shape index (κ2) is 8.44. The Hall–Kier alpha value is -4.37. The maximum absolute atomic E-state index is 13.7. The van der Waals surface area contributed by atoms with Crippen LogP contribution in [0.3, 0.4) is 0 Å². The second-order valence-electron chi connectivity index (χ2n) is 8.23. The number of Topliss-reactive ketones (excluding diaryl/α,β-unsaturated/α-hetero) is 1. The number of aromatic amines is 1. The van der Waals surface area contributed by atoms with Crippen LogP contribution in [-0.4, -0.2) is 21.8 Å². The van der Waals surface area contributed by atoms with Gasteiger partial charge in [0.1, 0.15) is 9.71 Å². The number of ketones is 2. The first-order valence-electron chi connectivity index (χ1n) is 10.8. The third-order valence-electron chi connectivity index (χ3n) is 5.80. The summed E-state index contributed by atoms with van der Waals surface area (Å²) in [5, 5.41) is 3.00. The Morgan fingerprint density at radius 1 is 1.09 bits per heavy atom. The third kappa shape index (κ3) is 3.66. The molecule has 5 aromatic rings. The maximum atomic E-state index is 13.7. The molecule has 0 bridgehead atoms. The average Bonchev–Trinajstić information content (AvgIpc) is 3.37. The number of aryl methyl sites for hydroxylation is 2. The minimum Gasteiger partial charge on any atom is -0.397 e. The molecule has 3 aromatic heterocycles. The lowest BCUT2D eigenvalue weighted by molar-refractivity contribution is -0.672. The van der Waals surface area contributed by atoms with E-state index in [-0.39, 0.29) is 22.0 Å². The molecule has 0 saturated heterocycles. The van der Waals surface area contributed by atoms with Crippen molar-refractivity contribution >= 4 is 38.8 Å². The third-order valence-corrected chi connectivity index (χ3v) is 6.90. The fourth-order valence-electron chi connectivity index (χ4n) is 4.29. The zero-order valence-electron chi connectivity index (χ0n) is 19.2. The molecule has 174 valence electrons. The van der Waals surface area contributed by atoms with E-state index in [4.69, 9.17) is 10.3 Å². The molecule has 8 nitrogen and oxygen atoms in total. The number of carbonyl (C=O) groups excluding carboxylic acids is 2. The van der Waals surface area contributed by atoms with Crippen molar-refractivity contribution in [2.24, 2.45) is 0 Å². The Morgan fingerprint density at radius 2 is 1.83 bits per heavy atom. The molecule has 0 atom stereocenters. The summed E-state index contributed by atoms with van der Waals surface area (Å²) < 4.78 is 6.23. The van der Waals surface area contributed by atoms with E-state index in [9.17, 15) is 14.4 Å². The molecule has 0 spiro atoms. The van der Waals surface area contributed by atoms with Crippen molar-refractivity contribution in [2.45, 2.75) is 20.8 Å². The molecule has 0 fully saturated rings. The predicted molar refractivity (Wildman–Crippen MR) is 133 cm³/mol. The lowest BCUT2D eigenvalue weighted by Crippen LogP contribution is -2.41. The molecule has 0 unspecified atom stereocenters. The Kier molecular flexibility index (Phi) is 5.41. The number of para-hydroxylation sites is 1. The number of H-pyrrole nitrogens is 1. The topological polar surface area (TPSA) is 123 Å². The number of hydrogen-bond acceptors (Lipinski definition) is 7. The zero-order chi connectivity index (χ0) is 24.9. The van der Waals surface area contributed by atoms with Crippen LogP contribution < -0.4 is 16.0 Å². The van der Waals surface area contributed by atoms with Crippen LogP contribution in [0.4, 0.5) is 5.69 Å². The van der Waals surface area contributed by atoms with Crippen molar-refractivity contribution in [1.82, 2.24) is 10.3 Å². The fourth-order valence-corrected chi connectivity index (χ4v) is 5.38. The normalized spacial score (nSPS) is 11.2. The number of thiophene rings is 1. The number of carbonyl (C=O) groups is 2. The fraction of sp³-hybridized carbons (Fsp3) is 0.115. The van der Waals surface area contributed by atoms with E-state index in [1.165, 1.54) is 11.6 Å². The molecule has 3 heterocycles. The Morgan fingerprint density at radius 3 is 2.51 bits per heavy atom. The summed E-state index contributed by atoms with van der Waals surface area (Å²) in [6, 6.07) is 16.6. The number of nitrogens with two attached hydrogens (primary N) is 1. The predicted octanol–water partition coefficient (Wildman–Crippen LogP) is 4.15. The Labute approximate surface area is 203 Å². The van der Waals surface area contributed by atoms with Gasteiger partial charge in [-0.05, 0) is 36.3 Å². The van der Waals surface area contributed by atoms with Crippen LogP contribution in [-0.2, 0) is 0 Å². The average molecular weight is 486 g/mol. The lowest BCUT2D eigenvalue weighted by atomic mass is 9.92. The largest absolute Gasteiger partial charge is 0.439 e. The van der Waals surface area contributed by atoms with Gasteiger partial charge in [0.15, 0.2) is 5.78 Å². The molecule has 0 aliphatic heterocycles. The summed E-state index contributed by atoms with van der Waals surface area (Å²) in [7, 11) is 0. The minimum absolute atomic E-state index is 0.151. The highest BCUT2D eigenvalue weighted by Gasteiger charge is 2.35. The molecule has 3 N–H and O–H groups in total. The SMILES string of the molecule is CC(=O)c1c(C)nc2sc(C(=O)c3c(=O)o[nH][n+]3-c3ccccc3)c(N)c2c1-c1cccc(C)c1. The molecule has 0 amide bonds. The number of anilines is 1. The van der Waals surface area contributed by atoms with Crippen LogP contribution in [0.25, 0.3) is 27.0 Å². The molecular weight excluding hydrogens is 464 g/mol. The summed E-state index contributed by atoms with van der Waals surface area (Å²) in [4.78, 5) is 44.1. The number of benzene rings is 2. The number of fused-ring (bicyclic) bond motifs is 1. The monoisotopic (exact) mass is 485 g/mol. The van der Waals surface area contributed by atoms with Crippen LogP contribution in [0.1, 0.15) is 43.9 Å². The smallest absolute Gasteiger partial charge is 0.397 e. The molecular formula is C26H21N4O4S+. The van der Waals surface area contributed by atoms with Crippen LogP contribution >= 0.6 is 11.3 Å². The van der Waals surface area contributed by atoms with Crippen molar-refractivity contribution in [3.8, 4) is 16.8 Å². The lowest BCUT2D eigenvalue weighted by Gasteiger charge is -2.13. The molecule has 0 radical (unpaired) electrons. The van der Waals surface area contributed by atoms with Gasteiger partial charge in [-0.25, -0.2) is 9.78 Å². The number of nitrogen functional groups attached to an aromatic ring is 1. The van der Waals surface area contributed by atoms with Crippen molar-refractivity contribution in [3.05, 3.63) is 92.4 Å². The van der Waals surface area contributed by atoms with Crippen LogP contribution in [0.5, 0.6) is 0 Å². The van der Waals surface area contributed by atoms with Gasteiger partial charge >= 0.3 is 11.3 Å². The van der Waals surface area contributed by atoms with Gasteiger partial charge in [0.25, 0.3) is 5.78 Å². The van der Waals surface area contributed by atoms with Crippen molar-refractivity contribution in [1.29, 1.82) is 0 Å². The highest BCUT2D eigenvalue weighted by atomic mass is 32.1. The van der Waals surface area contributed by atoms with Crippen LogP contribution in [0.15, 0.2) is 63.9 Å². The van der Waals surface area contributed by atoms with Gasteiger partial charge in [-0.2, -0.15) is 0 Å². The van der Waals surface area contributed by atoms with Crippen molar-refractivity contribution in [3.63, 3.8) is 0 Å². The summed E-state index contributed by atoms with van der Waals surface area (Å²) in [6.07, 6.45) is 0. The summed E-state index contributed by atoms with van der Waals surface area (Å²) in [5.41, 5.74) is 9.70. The van der Waals surface area contributed by atoms with E-state index >= 15 is 0 Å². The standard InChI is InChI=1S/C26H20N4O4S/c1-13-8-7-9-16(12-13)19-18(15(3)31)14(2)28-25-20(19)21(27)24(35-25)23(32)22-26(33)34-29-30(22)17-10-5-4-6-11-17/h4-12H,1-3H3,(H2-,27,29,32,33)/p+1. The number of nitrogens with one attached hydrogen (secondary N) is 1. The van der Waals surface area contributed by atoms with Gasteiger partial charge in [0.05, 0.1) is 11.4 Å². The molecule has 9 heteroatoms. The quantitative estimate of drug-likeness (QED) is 0.285. The van der Waals surface area contributed by atoms with E-state index in [1.807, 2.05) is 37.3 Å². The highest BCUT2D eigenvalue weighted by Crippen LogP contribution is 2.42. The van der Waals surface area contributed by atoms with E-state index in [2.05, 4.69) is 10.3 Å². The van der Waals surface area contributed by atoms with Gasteiger partial charge in [-0.1, -0.05) is 48.0 Å². The Balaban J connectivity index is 1.79. The summed E-state index contributed by atoms with van der Waals surface area (Å²) in [6.45, 7) is 5.20. The molecule has 0 saturated carbocycles. The van der Waals surface area contributed by atoms with Gasteiger partial charge in [-0.15, -0.1) is 11.3 Å². The molecule has 0 aliphatic rings. The first-order chi connectivity index (χ1) is 16.8. The van der Waals surface area contributed by atoms with Gasteiger partial charge in [0, 0.05) is 28.6 Å².